The number of benzene rings is 2. The molecule has 8 nitrogen and oxygen atoms in total. The number of carbonyl (C=O) groups excluding carboxylic acids is 2. The topological polar surface area (TPSA) is 118 Å². The molecule has 0 radical (unpaired) electrons. The second kappa shape index (κ2) is 10.4. The number of nitrogens with one attached hydrogen (secondary N) is 2. The number of nitrogens with zero attached hydrogens (tertiary/aromatic N) is 1. The molecule has 4 rings (SSSR count). The second-order valence-corrected chi connectivity index (χ2v) is 8.77. The number of fused-ring (bicyclic) bond motifs is 3. The zero-order valence-corrected chi connectivity index (χ0v) is 19.5. The number of carbonyl (C=O) groups is 3. The van der Waals surface area contributed by atoms with Crippen LogP contribution >= 0.6 is 0 Å². The number of hydrogen-bond acceptors (Lipinski definition) is 5. The summed E-state index contributed by atoms with van der Waals surface area (Å²) in [5, 5.41) is 14.4. The van der Waals surface area contributed by atoms with Crippen LogP contribution in [0.15, 0.2) is 66.9 Å². The number of aromatic carboxylic acids is 1. The van der Waals surface area contributed by atoms with Gasteiger partial charge in [-0.25, -0.2) is 14.6 Å². The van der Waals surface area contributed by atoms with E-state index in [0.29, 0.717) is 5.56 Å². The van der Waals surface area contributed by atoms with Gasteiger partial charge in [-0.05, 0) is 39.8 Å². The van der Waals surface area contributed by atoms with E-state index in [9.17, 15) is 14.4 Å². The third-order valence-electron chi connectivity index (χ3n) is 6.08. The highest BCUT2D eigenvalue weighted by molar-refractivity contribution is 5.86. The number of ether oxygens (including phenoxy) is 1. The zero-order chi connectivity index (χ0) is 24.9. The maximum Gasteiger partial charge on any atom is 0.407 e. The third-order valence-corrected chi connectivity index (χ3v) is 6.08. The van der Waals surface area contributed by atoms with Crippen LogP contribution in [0, 0.1) is 5.92 Å². The highest BCUT2D eigenvalue weighted by atomic mass is 16.5. The SMILES string of the molecule is CC(C)C(NC(=O)OCC1c2ccccc2-c2ccccc21)C(=O)NCc1ccc(C(=O)O)nc1. The molecule has 180 valence electrons. The van der Waals surface area contributed by atoms with Gasteiger partial charge in [0, 0.05) is 18.7 Å². The lowest BCUT2D eigenvalue weighted by Gasteiger charge is -2.22. The lowest BCUT2D eigenvalue weighted by molar-refractivity contribution is -0.124. The van der Waals surface area contributed by atoms with E-state index in [1.165, 1.54) is 12.3 Å². The highest BCUT2D eigenvalue weighted by Crippen LogP contribution is 2.44. The molecule has 3 N–H and O–H groups in total. The van der Waals surface area contributed by atoms with Crippen molar-refractivity contribution in [2.45, 2.75) is 32.4 Å². The van der Waals surface area contributed by atoms with Gasteiger partial charge < -0.3 is 20.5 Å². The van der Waals surface area contributed by atoms with E-state index in [1.54, 1.807) is 6.07 Å². The van der Waals surface area contributed by atoms with E-state index in [1.807, 2.05) is 50.2 Å². The minimum Gasteiger partial charge on any atom is -0.477 e. The number of amides is 2. The number of carboxylic acids is 1. The molecular formula is C27H27N3O5. The number of carboxylic acid groups (broad SMARTS) is 1. The van der Waals surface area contributed by atoms with Gasteiger partial charge in [0.1, 0.15) is 18.3 Å². The van der Waals surface area contributed by atoms with Crippen LogP contribution in [0.1, 0.15) is 46.9 Å². The van der Waals surface area contributed by atoms with E-state index < -0.39 is 18.1 Å². The van der Waals surface area contributed by atoms with E-state index in [2.05, 4.69) is 27.8 Å². The smallest absolute Gasteiger partial charge is 0.407 e. The fraction of sp³-hybridized carbons (Fsp3) is 0.259. The summed E-state index contributed by atoms with van der Waals surface area (Å²) in [6.07, 6.45) is 0.737. The number of rotatable bonds is 8. The largest absolute Gasteiger partial charge is 0.477 e. The molecule has 35 heavy (non-hydrogen) atoms. The van der Waals surface area contributed by atoms with Crippen LogP contribution in [0.4, 0.5) is 4.79 Å². The summed E-state index contributed by atoms with van der Waals surface area (Å²) in [6, 6.07) is 18.3. The Morgan fingerprint density at radius 3 is 2.14 bits per heavy atom. The van der Waals surface area contributed by atoms with Gasteiger partial charge in [0.2, 0.25) is 5.91 Å². The molecule has 1 aliphatic carbocycles. The molecule has 0 saturated carbocycles. The lowest BCUT2D eigenvalue weighted by Crippen LogP contribution is -2.49. The van der Waals surface area contributed by atoms with E-state index in [0.717, 1.165) is 22.3 Å². The fourth-order valence-electron chi connectivity index (χ4n) is 4.26. The van der Waals surface area contributed by atoms with Crippen molar-refractivity contribution in [3.05, 3.63) is 89.2 Å². The summed E-state index contributed by atoms with van der Waals surface area (Å²) in [5.74, 6) is -1.73. The number of pyridine rings is 1. The average molecular weight is 474 g/mol. The summed E-state index contributed by atoms with van der Waals surface area (Å²) in [7, 11) is 0. The van der Waals surface area contributed by atoms with Crippen LogP contribution < -0.4 is 10.6 Å². The summed E-state index contributed by atoms with van der Waals surface area (Å²) in [6.45, 7) is 3.98. The van der Waals surface area contributed by atoms with Crippen LogP contribution in [-0.2, 0) is 16.1 Å². The molecule has 2 aromatic carbocycles. The Hall–Kier alpha value is -4.20. The molecule has 0 spiro atoms. The molecule has 1 aromatic heterocycles. The average Bonchev–Trinajstić information content (AvgIpc) is 3.18. The monoisotopic (exact) mass is 473 g/mol. The van der Waals surface area contributed by atoms with Gasteiger partial charge in [-0.3, -0.25) is 4.79 Å². The quantitative estimate of drug-likeness (QED) is 0.456. The maximum atomic E-state index is 12.8. The van der Waals surface area contributed by atoms with Crippen LogP contribution in [0.2, 0.25) is 0 Å². The molecule has 8 heteroatoms. The Kier molecular flexibility index (Phi) is 7.10. The number of hydrogen-bond donors (Lipinski definition) is 3. The summed E-state index contributed by atoms with van der Waals surface area (Å²) >= 11 is 0. The van der Waals surface area contributed by atoms with Gasteiger partial charge >= 0.3 is 12.1 Å². The second-order valence-electron chi connectivity index (χ2n) is 8.77. The molecule has 0 saturated heterocycles. The highest BCUT2D eigenvalue weighted by Gasteiger charge is 2.30. The van der Waals surface area contributed by atoms with Crippen molar-refractivity contribution in [3.8, 4) is 11.1 Å². The van der Waals surface area contributed by atoms with Crippen molar-refractivity contribution in [1.29, 1.82) is 0 Å². The summed E-state index contributed by atoms with van der Waals surface area (Å²) in [4.78, 5) is 40.2. The minimum atomic E-state index is -1.12. The minimum absolute atomic E-state index is 0.0687. The fourth-order valence-corrected chi connectivity index (χ4v) is 4.26. The molecule has 0 aliphatic heterocycles. The molecule has 0 bridgehead atoms. The predicted octanol–water partition coefficient (Wildman–Crippen LogP) is 3.96. The Bertz CT molecular complexity index is 1190. The van der Waals surface area contributed by atoms with Gasteiger partial charge in [-0.15, -0.1) is 0 Å². The van der Waals surface area contributed by atoms with Crippen molar-refractivity contribution < 1.29 is 24.2 Å². The van der Waals surface area contributed by atoms with Crippen molar-refractivity contribution >= 4 is 18.0 Å². The standard InChI is InChI=1S/C27H27N3O5/c1-16(2)24(25(31)29-14-17-11-12-23(26(32)33)28-13-17)30-27(34)35-15-22-20-9-5-3-7-18(20)19-8-4-6-10-21(19)22/h3-13,16,22,24H,14-15H2,1-2H3,(H,29,31)(H,30,34)(H,32,33). The Labute approximate surface area is 203 Å². The van der Waals surface area contributed by atoms with Gasteiger partial charge in [-0.2, -0.15) is 0 Å². The first-order valence-corrected chi connectivity index (χ1v) is 11.4. The molecule has 2 amide bonds. The van der Waals surface area contributed by atoms with Gasteiger partial charge in [0.15, 0.2) is 0 Å². The van der Waals surface area contributed by atoms with E-state index in [-0.39, 0.29) is 36.6 Å². The van der Waals surface area contributed by atoms with Gasteiger partial charge in [0.25, 0.3) is 0 Å². The van der Waals surface area contributed by atoms with E-state index >= 15 is 0 Å². The first kappa shape index (κ1) is 23.9. The Morgan fingerprint density at radius 2 is 1.60 bits per heavy atom. The van der Waals surface area contributed by atoms with Crippen LogP contribution in [0.25, 0.3) is 11.1 Å². The molecule has 3 aromatic rings. The van der Waals surface area contributed by atoms with Crippen LogP contribution in [0.5, 0.6) is 0 Å². The molecule has 0 fully saturated rings. The third kappa shape index (κ3) is 5.32. The van der Waals surface area contributed by atoms with Crippen molar-refractivity contribution in [3.63, 3.8) is 0 Å². The molecular weight excluding hydrogens is 446 g/mol. The lowest BCUT2D eigenvalue weighted by atomic mass is 9.98. The Balaban J connectivity index is 1.35. The first-order valence-electron chi connectivity index (χ1n) is 11.4. The van der Waals surface area contributed by atoms with Crippen molar-refractivity contribution in [1.82, 2.24) is 15.6 Å². The van der Waals surface area contributed by atoms with Gasteiger partial charge in [0.05, 0.1) is 0 Å². The van der Waals surface area contributed by atoms with E-state index in [4.69, 9.17) is 9.84 Å². The predicted molar refractivity (Wildman–Crippen MR) is 130 cm³/mol. The first-order chi connectivity index (χ1) is 16.8. The van der Waals surface area contributed by atoms with Crippen molar-refractivity contribution in [2.24, 2.45) is 5.92 Å². The summed E-state index contributed by atoms with van der Waals surface area (Å²) in [5.41, 5.74) is 5.08. The normalized spacial score (nSPS) is 13.0. The number of aromatic nitrogens is 1. The van der Waals surface area contributed by atoms with Crippen LogP contribution in [0.3, 0.4) is 0 Å². The molecule has 1 unspecified atom stereocenters. The molecule has 1 aliphatic rings. The Morgan fingerprint density at radius 1 is 0.971 bits per heavy atom. The van der Waals surface area contributed by atoms with Crippen LogP contribution in [-0.4, -0.2) is 40.7 Å². The zero-order valence-electron chi connectivity index (χ0n) is 19.5. The molecule has 1 heterocycles. The molecule has 1 atom stereocenters. The number of alkyl carbamates (subject to hydrolysis) is 1. The van der Waals surface area contributed by atoms with Crippen molar-refractivity contribution in [2.75, 3.05) is 6.61 Å². The maximum absolute atomic E-state index is 12.8. The van der Waals surface area contributed by atoms with Gasteiger partial charge in [-0.1, -0.05) is 68.4 Å². The summed E-state index contributed by atoms with van der Waals surface area (Å²) < 4.78 is 5.57.